The normalized spacial score (nSPS) is 15.1. The number of rotatable bonds is 6. The molecule has 3 nitrogen and oxygen atoms in total. The van der Waals surface area contributed by atoms with E-state index >= 15 is 0 Å². The summed E-state index contributed by atoms with van der Waals surface area (Å²) in [5.41, 5.74) is 0. The molecule has 13 heavy (non-hydrogen) atoms. The highest BCUT2D eigenvalue weighted by Gasteiger charge is 2.14. The third-order valence-electron chi connectivity index (χ3n) is 1.99. The largest absolute Gasteiger partial charge is 0.358 e. The van der Waals surface area contributed by atoms with Crippen LogP contribution in [0.3, 0.4) is 0 Å². The van der Waals surface area contributed by atoms with E-state index in [4.69, 9.17) is 0 Å². The molecule has 0 saturated carbocycles. The van der Waals surface area contributed by atoms with Gasteiger partial charge in [0.25, 0.3) is 0 Å². The monoisotopic (exact) mass is 204 g/mol. The van der Waals surface area contributed by atoms with Gasteiger partial charge in [-0.2, -0.15) is 11.8 Å². The minimum absolute atomic E-state index is 0.0551. The molecule has 0 spiro atoms. The summed E-state index contributed by atoms with van der Waals surface area (Å²) in [6, 6.07) is 0.337. The van der Waals surface area contributed by atoms with E-state index < -0.39 is 0 Å². The number of carbonyl (C=O) groups excluding carboxylic acids is 1. The van der Waals surface area contributed by atoms with Crippen molar-refractivity contribution in [2.75, 3.05) is 19.1 Å². The second-order valence-electron chi connectivity index (χ2n) is 3.06. The molecular formula is C9H20N2OS. The lowest BCUT2D eigenvalue weighted by molar-refractivity contribution is -0.122. The third kappa shape index (κ3) is 5.16. The highest BCUT2D eigenvalue weighted by Crippen LogP contribution is 2.02. The lowest BCUT2D eigenvalue weighted by atomic mass is 10.2. The van der Waals surface area contributed by atoms with Crippen LogP contribution in [0.4, 0.5) is 0 Å². The van der Waals surface area contributed by atoms with Crippen molar-refractivity contribution in [2.45, 2.75) is 32.4 Å². The molecule has 0 heterocycles. The summed E-state index contributed by atoms with van der Waals surface area (Å²) in [7, 11) is 1.66. The van der Waals surface area contributed by atoms with Crippen LogP contribution in [-0.4, -0.2) is 37.0 Å². The zero-order valence-electron chi connectivity index (χ0n) is 8.89. The average molecular weight is 204 g/mol. The van der Waals surface area contributed by atoms with E-state index in [9.17, 15) is 4.79 Å². The van der Waals surface area contributed by atoms with Gasteiger partial charge in [0, 0.05) is 18.8 Å². The molecule has 0 aromatic heterocycles. The van der Waals surface area contributed by atoms with Gasteiger partial charge < -0.3 is 10.6 Å². The fourth-order valence-electron chi connectivity index (χ4n) is 1.13. The topological polar surface area (TPSA) is 41.1 Å². The second kappa shape index (κ2) is 7.21. The van der Waals surface area contributed by atoms with E-state index in [1.165, 1.54) is 0 Å². The Balaban J connectivity index is 3.85. The fourth-order valence-corrected chi connectivity index (χ4v) is 1.87. The minimum Gasteiger partial charge on any atom is -0.358 e. The Kier molecular flexibility index (Phi) is 7.09. The van der Waals surface area contributed by atoms with Gasteiger partial charge >= 0.3 is 0 Å². The zero-order chi connectivity index (χ0) is 10.3. The summed E-state index contributed by atoms with van der Waals surface area (Å²) in [6.07, 6.45) is 3.14. The molecule has 78 valence electrons. The summed E-state index contributed by atoms with van der Waals surface area (Å²) in [5.74, 6) is 1.11. The van der Waals surface area contributed by atoms with Crippen molar-refractivity contribution in [3.8, 4) is 0 Å². The Hall–Kier alpha value is -0.220. The molecule has 4 heteroatoms. The number of thioether (sulfide) groups is 1. The van der Waals surface area contributed by atoms with Gasteiger partial charge in [0.15, 0.2) is 0 Å². The Morgan fingerprint density at radius 1 is 1.54 bits per heavy atom. The van der Waals surface area contributed by atoms with E-state index in [-0.39, 0.29) is 11.9 Å². The number of nitrogens with one attached hydrogen (secondary N) is 2. The van der Waals surface area contributed by atoms with Gasteiger partial charge in [-0.3, -0.25) is 4.79 Å². The maximum absolute atomic E-state index is 11.2. The zero-order valence-corrected chi connectivity index (χ0v) is 9.70. The molecule has 0 bridgehead atoms. The van der Waals surface area contributed by atoms with Crippen LogP contribution in [0.25, 0.3) is 0 Å². The smallest absolute Gasteiger partial charge is 0.236 e. The van der Waals surface area contributed by atoms with Gasteiger partial charge in [-0.1, -0.05) is 6.92 Å². The van der Waals surface area contributed by atoms with Crippen LogP contribution in [0.5, 0.6) is 0 Å². The molecule has 0 aromatic carbocycles. The first-order valence-electron chi connectivity index (χ1n) is 4.62. The van der Waals surface area contributed by atoms with Crippen molar-refractivity contribution in [3.05, 3.63) is 0 Å². The predicted molar refractivity (Wildman–Crippen MR) is 59.1 cm³/mol. The van der Waals surface area contributed by atoms with Gasteiger partial charge in [0.1, 0.15) is 0 Å². The van der Waals surface area contributed by atoms with Crippen molar-refractivity contribution in [1.82, 2.24) is 10.6 Å². The Labute approximate surface area is 85.0 Å². The number of carbonyl (C=O) groups is 1. The SMILES string of the molecule is CCC(CSC)NC(C)C(=O)NC. The highest BCUT2D eigenvalue weighted by atomic mass is 32.2. The van der Waals surface area contributed by atoms with Gasteiger partial charge in [0.05, 0.1) is 6.04 Å². The number of amides is 1. The maximum atomic E-state index is 11.2. The molecule has 2 N–H and O–H groups in total. The highest BCUT2D eigenvalue weighted by molar-refractivity contribution is 7.98. The summed E-state index contributed by atoms with van der Waals surface area (Å²) < 4.78 is 0. The molecule has 0 aliphatic heterocycles. The van der Waals surface area contributed by atoms with Crippen LogP contribution in [-0.2, 0) is 4.79 Å². The van der Waals surface area contributed by atoms with Crippen molar-refractivity contribution in [3.63, 3.8) is 0 Å². The molecule has 0 aromatic rings. The van der Waals surface area contributed by atoms with Crippen molar-refractivity contribution in [1.29, 1.82) is 0 Å². The molecular weight excluding hydrogens is 184 g/mol. The van der Waals surface area contributed by atoms with Crippen LogP contribution in [0.15, 0.2) is 0 Å². The summed E-state index contributed by atoms with van der Waals surface area (Å²) in [4.78, 5) is 11.2. The van der Waals surface area contributed by atoms with Gasteiger partial charge in [-0.15, -0.1) is 0 Å². The lowest BCUT2D eigenvalue weighted by Crippen LogP contribution is -2.46. The van der Waals surface area contributed by atoms with E-state index in [2.05, 4.69) is 23.8 Å². The van der Waals surface area contributed by atoms with Crippen LogP contribution < -0.4 is 10.6 Å². The van der Waals surface area contributed by atoms with Crippen LogP contribution >= 0.6 is 11.8 Å². The fraction of sp³-hybridized carbons (Fsp3) is 0.889. The Morgan fingerprint density at radius 3 is 2.54 bits per heavy atom. The van der Waals surface area contributed by atoms with E-state index in [1.807, 2.05) is 6.92 Å². The Bertz CT molecular complexity index is 153. The van der Waals surface area contributed by atoms with Gasteiger partial charge in [-0.25, -0.2) is 0 Å². The molecule has 0 aliphatic carbocycles. The summed E-state index contributed by atoms with van der Waals surface area (Å²) >= 11 is 1.80. The van der Waals surface area contributed by atoms with Crippen molar-refractivity contribution >= 4 is 17.7 Å². The number of hydrogen-bond acceptors (Lipinski definition) is 3. The van der Waals surface area contributed by atoms with Crippen molar-refractivity contribution < 1.29 is 4.79 Å². The first-order valence-corrected chi connectivity index (χ1v) is 6.01. The average Bonchev–Trinajstić information content (AvgIpc) is 2.15. The van der Waals surface area contributed by atoms with E-state index in [0.29, 0.717) is 6.04 Å². The number of hydrogen-bond donors (Lipinski definition) is 2. The molecule has 0 aliphatic rings. The molecule has 2 atom stereocenters. The van der Waals surface area contributed by atoms with Crippen LogP contribution in [0, 0.1) is 0 Å². The van der Waals surface area contributed by atoms with Crippen LogP contribution in [0.1, 0.15) is 20.3 Å². The molecule has 2 unspecified atom stereocenters. The van der Waals surface area contributed by atoms with Crippen molar-refractivity contribution in [2.24, 2.45) is 0 Å². The quantitative estimate of drug-likeness (QED) is 0.674. The summed E-state index contributed by atoms with van der Waals surface area (Å²) in [5, 5.41) is 5.91. The Morgan fingerprint density at radius 2 is 2.15 bits per heavy atom. The first-order chi connectivity index (χ1) is 6.15. The van der Waals surface area contributed by atoms with Gasteiger partial charge in [0.2, 0.25) is 5.91 Å². The molecule has 0 fully saturated rings. The first kappa shape index (κ1) is 12.8. The second-order valence-corrected chi connectivity index (χ2v) is 3.97. The maximum Gasteiger partial charge on any atom is 0.236 e. The molecule has 0 radical (unpaired) electrons. The predicted octanol–water partition coefficient (Wildman–Crippen LogP) is 0.852. The lowest BCUT2D eigenvalue weighted by Gasteiger charge is -2.20. The van der Waals surface area contributed by atoms with E-state index in [1.54, 1.807) is 18.8 Å². The van der Waals surface area contributed by atoms with Crippen LogP contribution in [0.2, 0.25) is 0 Å². The standard InChI is InChI=1S/C9H20N2OS/c1-5-8(6-13-4)11-7(2)9(12)10-3/h7-8,11H,5-6H2,1-4H3,(H,10,12). The van der Waals surface area contributed by atoms with E-state index in [0.717, 1.165) is 12.2 Å². The molecule has 0 saturated heterocycles. The van der Waals surface area contributed by atoms with Gasteiger partial charge in [-0.05, 0) is 19.6 Å². The number of likely N-dealkylation sites (N-methyl/N-ethyl adjacent to an activating group) is 1. The minimum atomic E-state index is -0.0953. The third-order valence-corrected chi connectivity index (χ3v) is 2.72. The molecule has 1 amide bonds. The molecule has 0 rings (SSSR count). The summed E-state index contributed by atoms with van der Waals surface area (Å²) in [6.45, 7) is 4.02.